The highest BCUT2D eigenvalue weighted by atomic mass is 16.5. The van der Waals surface area contributed by atoms with Gasteiger partial charge in [0.05, 0.1) is 0 Å². The smallest absolute Gasteiger partial charge is 0.245 e. The number of carbonyl (C=O) groups excluding carboxylic acids is 1. The van der Waals surface area contributed by atoms with Crippen molar-refractivity contribution < 1.29 is 14.6 Å². The molecule has 1 amide bonds. The second-order valence-corrected chi connectivity index (χ2v) is 6.52. The molecule has 4 N–H and O–H groups in total. The second-order valence-electron chi connectivity index (χ2n) is 6.52. The lowest BCUT2D eigenvalue weighted by molar-refractivity contribution is -0.118. The van der Waals surface area contributed by atoms with E-state index in [0.717, 1.165) is 0 Å². The normalized spacial score (nSPS) is 20.0. The summed E-state index contributed by atoms with van der Waals surface area (Å²) in [5, 5.41) is 24.0. The average molecular weight is 355 g/mol. The van der Waals surface area contributed by atoms with Crippen LogP contribution >= 0.6 is 0 Å². The minimum absolute atomic E-state index is 0.0527. The molecule has 0 aliphatic carbocycles. The number of nitrogens with one attached hydrogen (secondary N) is 1. The molecule has 0 radical (unpaired) electrons. The average Bonchev–Trinajstić information content (AvgIpc) is 2.95. The number of phenols is 1. The monoisotopic (exact) mass is 355 g/mol. The van der Waals surface area contributed by atoms with Crippen molar-refractivity contribution in [2.24, 2.45) is 5.73 Å². The Bertz CT molecular complexity index is 1240. The molecule has 3 aromatic carbocycles. The van der Waals surface area contributed by atoms with Gasteiger partial charge in [0.15, 0.2) is 0 Å². The topological polar surface area (TPSA) is 108 Å². The lowest BCUT2D eigenvalue weighted by Gasteiger charge is -2.34. The van der Waals surface area contributed by atoms with Crippen LogP contribution in [0.25, 0.3) is 10.8 Å². The van der Waals surface area contributed by atoms with Crippen LogP contribution in [0.3, 0.4) is 0 Å². The van der Waals surface area contributed by atoms with Crippen molar-refractivity contribution in [1.82, 2.24) is 0 Å². The highest BCUT2D eigenvalue weighted by Gasteiger charge is 2.56. The molecule has 0 aromatic heterocycles. The molecule has 130 valence electrons. The van der Waals surface area contributed by atoms with Gasteiger partial charge in [0.1, 0.15) is 28.6 Å². The number of nitriles is 1. The lowest BCUT2D eigenvalue weighted by atomic mass is 9.68. The molecule has 3 aromatic rings. The highest BCUT2D eigenvalue weighted by Crippen LogP contribution is 2.54. The summed E-state index contributed by atoms with van der Waals surface area (Å²) in [6, 6.07) is 17.8. The van der Waals surface area contributed by atoms with Crippen molar-refractivity contribution in [1.29, 1.82) is 5.26 Å². The molecule has 27 heavy (non-hydrogen) atoms. The number of anilines is 1. The molecule has 2 aliphatic rings. The van der Waals surface area contributed by atoms with Crippen molar-refractivity contribution in [3.8, 4) is 17.6 Å². The number of aromatic hydroxyl groups is 1. The molecule has 0 saturated carbocycles. The minimum atomic E-state index is -1.39. The zero-order chi connectivity index (χ0) is 18.8. The number of rotatable bonds is 0. The first-order chi connectivity index (χ1) is 13.1. The SMILES string of the molecule is N#CC1=C(N)Oc2c(ccc3c(O)cccc23)[C@]12C(=O)Nc1ccccc12. The number of benzene rings is 3. The van der Waals surface area contributed by atoms with Gasteiger partial charge in [-0.3, -0.25) is 4.79 Å². The third-order valence-corrected chi connectivity index (χ3v) is 5.26. The van der Waals surface area contributed by atoms with E-state index in [9.17, 15) is 15.2 Å². The molecule has 2 aliphatic heterocycles. The summed E-state index contributed by atoms with van der Waals surface area (Å²) in [5.74, 6) is -0.00967. The molecule has 0 unspecified atom stereocenters. The van der Waals surface area contributed by atoms with Crippen LogP contribution in [0.15, 0.2) is 66.1 Å². The zero-order valence-corrected chi connectivity index (χ0v) is 14.0. The van der Waals surface area contributed by atoms with Gasteiger partial charge in [-0.2, -0.15) is 5.26 Å². The third-order valence-electron chi connectivity index (χ3n) is 5.26. The van der Waals surface area contributed by atoms with E-state index in [2.05, 4.69) is 11.4 Å². The van der Waals surface area contributed by atoms with Gasteiger partial charge in [-0.1, -0.05) is 42.5 Å². The summed E-state index contributed by atoms with van der Waals surface area (Å²) < 4.78 is 5.80. The fourth-order valence-corrected chi connectivity index (χ4v) is 4.11. The Labute approximate surface area is 154 Å². The van der Waals surface area contributed by atoms with Crippen LogP contribution in [0.1, 0.15) is 11.1 Å². The lowest BCUT2D eigenvalue weighted by Crippen LogP contribution is -2.42. The molecule has 1 spiro atoms. The molecule has 2 heterocycles. The number of nitrogens with zero attached hydrogens (tertiary/aromatic N) is 1. The van der Waals surface area contributed by atoms with Gasteiger partial charge in [0.25, 0.3) is 0 Å². The molecule has 0 saturated heterocycles. The summed E-state index contributed by atoms with van der Waals surface area (Å²) in [5.41, 5.74) is 6.57. The molecule has 0 fully saturated rings. The number of para-hydroxylation sites is 1. The maximum atomic E-state index is 13.2. The van der Waals surface area contributed by atoms with E-state index in [0.29, 0.717) is 33.3 Å². The number of amides is 1. The van der Waals surface area contributed by atoms with Crippen LogP contribution in [-0.2, 0) is 10.2 Å². The Hall–Kier alpha value is -3.98. The molecule has 6 heteroatoms. The first-order valence-electron chi connectivity index (χ1n) is 8.33. The van der Waals surface area contributed by atoms with Crippen molar-refractivity contribution in [2.45, 2.75) is 5.41 Å². The van der Waals surface area contributed by atoms with Crippen molar-refractivity contribution in [3.05, 3.63) is 77.2 Å². The van der Waals surface area contributed by atoms with Crippen LogP contribution in [0, 0.1) is 11.3 Å². The number of hydrogen-bond donors (Lipinski definition) is 3. The first kappa shape index (κ1) is 15.3. The van der Waals surface area contributed by atoms with Gasteiger partial charge < -0.3 is 20.9 Å². The van der Waals surface area contributed by atoms with Crippen LogP contribution in [-0.4, -0.2) is 11.0 Å². The van der Waals surface area contributed by atoms with Crippen LogP contribution < -0.4 is 15.8 Å². The van der Waals surface area contributed by atoms with Crippen molar-refractivity contribution in [2.75, 3.05) is 5.32 Å². The van der Waals surface area contributed by atoms with Gasteiger partial charge in [-0.25, -0.2) is 0 Å². The molecule has 5 rings (SSSR count). The van der Waals surface area contributed by atoms with Gasteiger partial charge in [0, 0.05) is 27.6 Å². The van der Waals surface area contributed by atoms with E-state index in [4.69, 9.17) is 10.5 Å². The number of nitrogens with two attached hydrogens (primary N) is 1. The number of phenolic OH excluding ortho intramolecular Hbond substituents is 1. The Kier molecular flexibility index (Phi) is 2.84. The van der Waals surface area contributed by atoms with E-state index < -0.39 is 5.41 Å². The van der Waals surface area contributed by atoms with E-state index in [-0.39, 0.29) is 23.1 Å². The summed E-state index contributed by atoms with van der Waals surface area (Å²) >= 11 is 0. The summed E-state index contributed by atoms with van der Waals surface area (Å²) in [4.78, 5) is 13.2. The fourth-order valence-electron chi connectivity index (χ4n) is 4.11. The summed E-state index contributed by atoms with van der Waals surface area (Å²) in [6.45, 7) is 0. The van der Waals surface area contributed by atoms with E-state index in [1.165, 1.54) is 0 Å². The van der Waals surface area contributed by atoms with Gasteiger partial charge in [-0.15, -0.1) is 0 Å². The highest BCUT2D eigenvalue weighted by molar-refractivity contribution is 6.13. The van der Waals surface area contributed by atoms with Crippen LogP contribution in [0.4, 0.5) is 5.69 Å². The largest absolute Gasteiger partial charge is 0.507 e. The van der Waals surface area contributed by atoms with Gasteiger partial charge in [-0.05, 0) is 12.1 Å². The summed E-state index contributed by atoms with van der Waals surface area (Å²) in [7, 11) is 0. The van der Waals surface area contributed by atoms with Crippen LogP contribution in [0.2, 0.25) is 0 Å². The maximum Gasteiger partial charge on any atom is 0.245 e. The fraction of sp³-hybridized carbons (Fsp3) is 0.0476. The third kappa shape index (κ3) is 1.70. The second kappa shape index (κ2) is 5.02. The predicted molar refractivity (Wildman–Crippen MR) is 98.9 cm³/mol. The van der Waals surface area contributed by atoms with Gasteiger partial charge >= 0.3 is 0 Å². The quantitative estimate of drug-likeness (QED) is 0.575. The molecular formula is C21H13N3O3. The number of fused-ring (bicyclic) bond motifs is 6. The van der Waals surface area contributed by atoms with Gasteiger partial charge in [0.2, 0.25) is 11.8 Å². The van der Waals surface area contributed by atoms with Crippen molar-refractivity contribution in [3.63, 3.8) is 0 Å². The maximum absolute atomic E-state index is 13.2. The minimum Gasteiger partial charge on any atom is -0.507 e. The standard InChI is InChI=1S/C21H13N3O3/c22-10-15-19(23)27-18-12-4-3-7-17(25)11(12)8-9-14(18)21(15)13-5-1-2-6-16(13)24-20(21)26/h1-9,25H,23H2,(H,24,26)/t21-/m0/s1. The van der Waals surface area contributed by atoms with Crippen molar-refractivity contribution >= 4 is 22.4 Å². The number of ether oxygens (including phenoxy) is 1. The Balaban J connectivity index is 1.97. The van der Waals surface area contributed by atoms with E-state index >= 15 is 0 Å². The first-order valence-corrected chi connectivity index (χ1v) is 8.33. The number of carbonyl (C=O) groups is 1. The zero-order valence-electron chi connectivity index (χ0n) is 14.0. The molecule has 6 nitrogen and oxygen atoms in total. The predicted octanol–water partition coefficient (Wildman–Crippen LogP) is 2.87. The Morgan fingerprint density at radius 1 is 1.04 bits per heavy atom. The Morgan fingerprint density at radius 3 is 2.67 bits per heavy atom. The number of hydrogen-bond acceptors (Lipinski definition) is 5. The molecule has 0 bridgehead atoms. The van der Waals surface area contributed by atoms with Crippen LogP contribution in [0.5, 0.6) is 11.5 Å². The van der Waals surface area contributed by atoms with E-state index in [1.807, 2.05) is 12.1 Å². The molecular weight excluding hydrogens is 342 g/mol. The summed E-state index contributed by atoms with van der Waals surface area (Å²) in [6.07, 6.45) is 0. The molecule has 1 atom stereocenters. The Morgan fingerprint density at radius 2 is 1.85 bits per heavy atom. The van der Waals surface area contributed by atoms with E-state index in [1.54, 1.807) is 42.5 Å².